The molecule has 3 rings (SSSR count). The van der Waals surface area contributed by atoms with E-state index in [1.165, 1.54) is 29.8 Å². The summed E-state index contributed by atoms with van der Waals surface area (Å²) in [6.07, 6.45) is 1.42. The molecule has 6 heteroatoms. The van der Waals surface area contributed by atoms with Crippen LogP contribution in [0.2, 0.25) is 5.15 Å². The molecule has 0 N–H and O–H groups in total. The van der Waals surface area contributed by atoms with Crippen molar-refractivity contribution in [3.8, 4) is 10.4 Å². The minimum absolute atomic E-state index is 0.269. The number of fused-ring (bicyclic) bond motifs is 1. The van der Waals surface area contributed by atoms with Gasteiger partial charge >= 0.3 is 0 Å². The number of aromatic nitrogens is 2. The monoisotopic (exact) mass is 342 g/mol. The molecular formula is C12H5BrClFN2S. The first-order valence-electron chi connectivity index (χ1n) is 5.01. The van der Waals surface area contributed by atoms with Crippen LogP contribution in [0.1, 0.15) is 0 Å². The van der Waals surface area contributed by atoms with E-state index in [1.807, 2.05) is 6.07 Å². The quantitative estimate of drug-likeness (QED) is 0.587. The lowest BCUT2D eigenvalue weighted by Gasteiger charge is -1.98. The van der Waals surface area contributed by atoms with Crippen LogP contribution in [0.5, 0.6) is 0 Å². The van der Waals surface area contributed by atoms with Crippen LogP contribution in [-0.4, -0.2) is 9.97 Å². The van der Waals surface area contributed by atoms with Crippen molar-refractivity contribution in [1.29, 1.82) is 0 Å². The first-order chi connectivity index (χ1) is 8.66. The standard InChI is InChI=1S/C12H5BrClFN2S/c13-9-8-11(14)16-5-17-12(8)18-10(9)6-2-1-3-7(15)4-6/h1-5H. The highest BCUT2D eigenvalue weighted by molar-refractivity contribution is 9.10. The highest BCUT2D eigenvalue weighted by Crippen LogP contribution is 2.43. The van der Waals surface area contributed by atoms with E-state index >= 15 is 0 Å². The second-order valence-corrected chi connectivity index (χ2v) is 5.75. The van der Waals surface area contributed by atoms with E-state index in [4.69, 9.17) is 11.6 Å². The van der Waals surface area contributed by atoms with Gasteiger partial charge in [-0.25, -0.2) is 14.4 Å². The van der Waals surface area contributed by atoms with Gasteiger partial charge in [0.1, 0.15) is 22.1 Å². The Morgan fingerprint density at radius 3 is 2.83 bits per heavy atom. The molecule has 2 aromatic heterocycles. The second kappa shape index (κ2) is 4.57. The third kappa shape index (κ3) is 1.92. The van der Waals surface area contributed by atoms with Gasteiger partial charge in [-0.15, -0.1) is 11.3 Å². The summed E-state index contributed by atoms with van der Waals surface area (Å²) in [5.41, 5.74) is 0.793. The maximum Gasteiger partial charge on any atom is 0.142 e. The van der Waals surface area contributed by atoms with Gasteiger partial charge < -0.3 is 0 Å². The number of thiophene rings is 1. The molecule has 0 aliphatic carbocycles. The van der Waals surface area contributed by atoms with Crippen molar-refractivity contribution in [1.82, 2.24) is 9.97 Å². The summed E-state index contributed by atoms with van der Waals surface area (Å²) in [6, 6.07) is 6.42. The van der Waals surface area contributed by atoms with Crippen molar-refractivity contribution in [2.75, 3.05) is 0 Å². The molecular weight excluding hydrogens is 339 g/mol. The topological polar surface area (TPSA) is 25.8 Å². The molecule has 0 radical (unpaired) electrons. The molecule has 2 heterocycles. The van der Waals surface area contributed by atoms with Gasteiger partial charge in [-0.1, -0.05) is 23.7 Å². The van der Waals surface area contributed by atoms with Crippen molar-refractivity contribution >= 4 is 49.1 Å². The van der Waals surface area contributed by atoms with Gasteiger partial charge in [-0.05, 0) is 33.6 Å². The molecule has 0 spiro atoms. The fourth-order valence-electron chi connectivity index (χ4n) is 1.68. The number of hydrogen-bond donors (Lipinski definition) is 0. The van der Waals surface area contributed by atoms with Crippen LogP contribution in [0.3, 0.4) is 0 Å². The van der Waals surface area contributed by atoms with Crippen LogP contribution in [0.4, 0.5) is 4.39 Å². The lowest BCUT2D eigenvalue weighted by Crippen LogP contribution is -1.79. The number of halogens is 3. The van der Waals surface area contributed by atoms with Crippen molar-refractivity contribution in [2.24, 2.45) is 0 Å². The Kier molecular flexibility index (Phi) is 3.05. The summed E-state index contributed by atoms with van der Waals surface area (Å²) >= 11 is 11.0. The largest absolute Gasteiger partial charge is 0.225 e. The molecule has 18 heavy (non-hydrogen) atoms. The van der Waals surface area contributed by atoms with Gasteiger partial charge in [0.15, 0.2) is 0 Å². The van der Waals surface area contributed by atoms with Crippen molar-refractivity contribution < 1.29 is 4.39 Å². The number of nitrogens with zero attached hydrogens (tertiary/aromatic N) is 2. The number of benzene rings is 1. The first kappa shape index (κ1) is 12.0. The molecule has 0 bridgehead atoms. The Balaban J connectivity index is 2.31. The Hall–Kier alpha value is -1.04. The van der Waals surface area contributed by atoms with Crippen LogP contribution in [0, 0.1) is 5.82 Å². The Morgan fingerprint density at radius 1 is 1.28 bits per heavy atom. The minimum Gasteiger partial charge on any atom is -0.225 e. The Bertz CT molecular complexity index is 744. The predicted octanol–water partition coefficient (Wildman–Crippen LogP) is 4.91. The molecule has 0 unspecified atom stereocenters. The van der Waals surface area contributed by atoms with Crippen LogP contribution < -0.4 is 0 Å². The van der Waals surface area contributed by atoms with Gasteiger partial charge in [0.05, 0.1) is 10.3 Å². The zero-order valence-corrected chi connectivity index (χ0v) is 12.0. The molecule has 0 aliphatic heterocycles. The van der Waals surface area contributed by atoms with E-state index in [2.05, 4.69) is 25.9 Å². The summed E-state index contributed by atoms with van der Waals surface area (Å²) in [6.45, 7) is 0. The van der Waals surface area contributed by atoms with E-state index in [0.29, 0.717) is 5.15 Å². The Labute approximate surface area is 120 Å². The fraction of sp³-hybridized carbons (Fsp3) is 0. The van der Waals surface area contributed by atoms with E-state index in [9.17, 15) is 4.39 Å². The molecule has 0 saturated carbocycles. The van der Waals surface area contributed by atoms with Gasteiger partial charge in [0, 0.05) is 4.47 Å². The highest BCUT2D eigenvalue weighted by Gasteiger charge is 2.15. The van der Waals surface area contributed by atoms with E-state index in [0.717, 1.165) is 25.1 Å². The first-order valence-corrected chi connectivity index (χ1v) is 7.00. The van der Waals surface area contributed by atoms with Crippen molar-refractivity contribution in [3.63, 3.8) is 0 Å². The van der Waals surface area contributed by atoms with Crippen LogP contribution in [0.15, 0.2) is 35.1 Å². The van der Waals surface area contributed by atoms with Crippen molar-refractivity contribution in [2.45, 2.75) is 0 Å². The van der Waals surface area contributed by atoms with Gasteiger partial charge in [0.2, 0.25) is 0 Å². The van der Waals surface area contributed by atoms with Crippen LogP contribution >= 0.6 is 38.9 Å². The van der Waals surface area contributed by atoms with Crippen LogP contribution in [0.25, 0.3) is 20.7 Å². The lowest BCUT2D eigenvalue weighted by molar-refractivity contribution is 0.628. The lowest BCUT2D eigenvalue weighted by atomic mass is 10.2. The van der Waals surface area contributed by atoms with Crippen LogP contribution in [-0.2, 0) is 0 Å². The molecule has 0 atom stereocenters. The number of rotatable bonds is 1. The highest BCUT2D eigenvalue weighted by atomic mass is 79.9. The molecule has 1 aromatic carbocycles. The van der Waals surface area contributed by atoms with E-state index in [-0.39, 0.29) is 5.82 Å². The SMILES string of the molecule is Fc1cccc(-c2sc3ncnc(Cl)c3c2Br)c1. The fourth-order valence-corrected chi connectivity index (χ4v) is 4.09. The summed E-state index contributed by atoms with van der Waals surface area (Å²) in [4.78, 5) is 9.79. The summed E-state index contributed by atoms with van der Waals surface area (Å²) in [5, 5.41) is 1.16. The maximum atomic E-state index is 13.3. The molecule has 2 nitrogen and oxygen atoms in total. The van der Waals surface area contributed by atoms with E-state index < -0.39 is 0 Å². The second-order valence-electron chi connectivity index (χ2n) is 3.60. The van der Waals surface area contributed by atoms with Gasteiger partial charge in [-0.2, -0.15) is 0 Å². The third-order valence-corrected chi connectivity index (χ3v) is 4.96. The average Bonchev–Trinajstić information content (AvgIpc) is 2.68. The van der Waals surface area contributed by atoms with Crippen molar-refractivity contribution in [3.05, 3.63) is 46.0 Å². The van der Waals surface area contributed by atoms with E-state index in [1.54, 1.807) is 6.07 Å². The zero-order valence-electron chi connectivity index (χ0n) is 8.82. The number of hydrogen-bond acceptors (Lipinski definition) is 3. The molecule has 90 valence electrons. The average molecular weight is 344 g/mol. The Morgan fingerprint density at radius 2 is 2.11 bits per heavy atom. The normalized spacial score (nSPS) is 11.1. The third-order valence-electron chi connectivity index (χ3n) is 2.47. The van der Waals surface area contributed by atoms with Gasteiger partial charge in [0.25, 0.3) is 0 Å². The maximum absolute atomic E-state index is 13.3. The smallest absolute Gasteiger partial charge is 0.142 e. The predicted molar refractivity (Wildman–Crippen MR) is 75.5 cm³/mol. The summed E-state index contributed by atoms with van der Waals surface area (Å²) < 4.78 is 14.1. The molecule has 3 aromatic rings. The van der Waals surface area contributed by atoms with Gasteiger partial charge in [-0.3, -0.25) is 0 Å². The zero-order chi connectivity index (χ0) is 12.7. The minimum atomic E-state index is -0.269. The molecule has 0 saturated heterocycles. The summed E-state index contributed by atoms with van der Waals surface area (Å²) in [7, 11) is 0. The molecule has 0 fully saturated rings. The molecule has 0 aliphatic rings. The summed E-state index contributed by atoms with van der Waals surface area (Å²) in [5.74, 6) is -0.269. The molecule has 0 amide bonds.